The topological polar surface area (TPSA) is 38.7 Å². The van der Waals surface area contributed by atoms with E-state index in [1.165, 1.54) is 27.3 Å². The fourth-order valence-electron chi connectivity index (χ4n) is 6.17. The first-order valence-corrected chi connectivity index (χ1v) is 15.1. The van der Waals surface area contributed by atoms with Gasteiger partial charge in [0.2, 0.25) is 0 Å². The van der Waals surface area contributed by atoms with Crippen molar-refractivity contribution in [1.29, 1.82) is 0 Å². The second-order valence-corrected chi connectivity index (χ2v) is 11.2. The first-order valence-electron chi connectivity index (χ1n) is 15.1. The largest absolute Gasteiger partial charge is 0.264 e. The first kappa shape index (κ1) is 26.0. The average molecular weight is 564 g/mol. The van der Waals surface area contributed by atoms with Crippen LogP contribution >= 0.6 is 0 Å². The Kier molecular flexibility index (Phi) is 6.62. The van der Waals surface area contributed by atoms with Gasteiger partial charge in [0, 0.05) is 29.1 Å². The van der Waals surface area contributed by atoms with Crippen LogP contribution in [-0.4, -0.2) is 15.0 Å². The molecule has 0 saturated heterocycles. The number of aromatic nitrogens is 3. The van der Waals surface area contributed by atoms with Crippen molar-refractivity contribution in [2.24, 2.45) is 0 Å². The molecule has 5 aromatic carbocycles. The molecule has 0 atom stereocenters. The highest BCUT2D eigenvalue weighted by Crippen LogP contribution is 2.35. The maximum absolute atomic E-state index is 5.23. The number of nitrogens with zero attached hydrogens (tertiary/aromatic N) is 3. The molecule has 1 aliphatic rings. The Balaban J connectivity index is 1.28. The van der Waals surface area contributed by atoms with Crippen LogP contribution < -0.4 is 0 Å². The number of hydrogen-bond donors (Lipinski definition) is 0. The van der Waals surface area contributed by atoms with Crippen molar-refractivity contribution in [2.45, 2.75) is 12.8 Å². The van der Waals surface area contributed by atoms with E-state index in [1.807, 2.05) is 12.3 Å². The Morgan fingerprint density at radius 2 is 1.30 bits per heavy atom. The molecule has 208 valence electrons. The second-order valence-electron chi connectivity index (χ2n) is 11.2. The third kappa shape index (κ3) is 4.99. The van der Waals surface area contributed by atoms with Gasteiger partial charge in [-0.2, -0.15) is 0 Å². The molecule has 8 rings (SSSR count). The van der Waals surface area contributed by atoms with Gasteiger partial charge in [0.05, 0.1) is 11.4 Å². The van der Waals surface area contributed by atoms with Crippen LogP contribution in [0.15, 0.2) is 152 Å². The van der Waals surface area contributed by atoms with Gasteiger partial charge in [-0.15, -0.1) is 0 Å². The monoisotopic (exact) mass is 563 g/mol. The van der Waals surface area contributed by atoms with Gasteiger partial charge in [0.25, 0.3) is 0 Å². The lowest BCUT2D eigenvalue weighted by molar-refractivity contribution is 1.05. The van der Waals surface area contributed by atoms with Crippen LogP contribution in [0.1, 0.15) is 24.1 Å². The van der Waals surface area contributed by atoms with Gasteiger partial charge in [0.15, 0.2) is 5.82 Å². The normalized spacial score (nSPS) is 13.1. The maximum Gasteiger partial charge on any atom is 0.161 e. The molecule has 0 saturated carbocycles. The van der Waals surface area contributed by atoms with Crippen molar-refractivity contribution in [3.8, 4) is 33.8 Å². The second kappa shape index (κ2) is 11.2. The van der Waals surface area contributed by atoms with E-state index in [4.69, 9.17) is 9.97 Å². The van der Waals surface area contributed by atoms with Crippen LogP contribution in [0.5, 0.6) is 0 Å². The fourth-order valence-corrected chi connectivity index (χ4v) is 6.17. The molecule has 0 radical (unpaired) electrons. The zero-order valence-corrected chi connectivity index (χ0v) is 24.2. The molecule has 3 nitrogen and oxygen atoms in total. The highest BCUT2D eigenvalue weighted by molar-refractivity contribution is 5.96. The smallest absolute Gasteiger partial charge is 0.161 e. The Morgan fingerprint density at radius 3 is 2.20 bits per heavy atom. The van der Waals surface area contributed by atoms with Crippen LogP contribution in [0.25, 0.3) is 66.5 Å². The van der Waals surface area contributed by atoms with Crippen LogP contribution in [0.4, 0.5) is 0 Å². The van der Waals surface area contributed by atoms with Gasteiger partial charge in [-0.05, 0) is 87.0 Å². The maximum atomic E-state index is 5.23. The van der Waals surface area contributed by atoms with Crippen LogP contribution in [0.3, 0.4) is 0 Å². The van der Waals surface area contributed by atoms with E-state index in [0.717, 1.165) is 63.3 Å². The molecule has 7 aromatic rings. The van der Waals surface area contributed by atoms with Crippen molar-refractivity contribution in [3.63, 3.8) is 0 Å². The SMILES string of the molecule is C1=C(c2ccc3ccccc3c2)CCC=C1c1cc(-c2cccc(-c3cccnc3)c2)nc(-c2cccc3ccccc23)n1. The van der Waals surface area contributed by atoms with Crippen molar-refractivity contribution >= 4 is 32.7 Å². The van der Waals surface area contributed by atoms with E-state index in [1.54, 1.807) is 6.20 Å². The van der Waals surface area contributed by atoms with Gasteiger partial charge in [-0.1, -0.05) is 109 Å². The van der Waals surface area contributed by atoms with E-state index >= 15 is 0 Å². The number of pyridine rings is 1. The summed E-state index contributed by atoms with van der Waals surface area (Å²) in [6, 6.07) is 44.9. The summed E-state index contributed by atoms with van der Waals surface area (Å²) < 4.78 is 0. The number of hydrogen-bond acceptors (Lipinski definition) is 3. The Hall–Kier alpha value is -5.67. The molecule has 0 aliphatic heterocycles. The van der Waals surface area contributed by atoms with Crippen molar-refractivity contribution < 1.29 is 0 Å². The molecule has 3 heteroatoms. The number of allylic oxidation sites excluding steroid dienone is 4. The third-order valence-corrected chi connectivity index (χ3v) is 8.43. The third-order valence-electron chi connectivity index (χ3n) is 8.43. The van der Waals surface area contributed by atoms with Gasteiger partial charge in [0.1, 0.15) is 0 Å². The molecule has 0 spiro atoms. The Morgan fingerprint density at radius 1 is 0.523 bits per heavy atom. The minimum absolute atomic E-state index is 0.730. The quantitative estimate of drug-likeness (QED) is 0.209. The van der Waals surface area contributed by atoms with Gasteiger partial charge < -0.3 is 0 Å². The number of benzene rings is 5. The molecule has 44 heavy (non-hydrogen) atoms. The van der Waals surface area contributed by atoms with Gasteiger partial charge in [-0.25, -0.2) is 9.97 Å². The number of rotatable bonds is 5. The van der Waals surface area contributed by atoms with Crippen LogP contribution in [0, 0.1) is 0 Å². The van der Waals surface area contributed by atoms with Gasteiger partial charge >= 0.3 is 0 Å². The molecule has 0 N–H and O–H groups in total. The minimum atomic E-state index is 0.730. The zero-order valence-electron chi connectivity index (χ0n) is 24.2. The zero-order chi connectivity index (χ0) is 29.3. The Bertz CT molecular complexity index is 2220. The summed E-state index contributed by atoms with van der Waals surface area (Å²) in [5.74, 6) is 0.730. The Labute approximate surface area is 256 Å². The molecule has 1 aliphatic carbocycles. The highest BCUT2D eigenvalue weighted by atomic mass is 14.9. The lowest BCUT2D eigenvalue weighted by Gasteiger charge is -2.17. The van der Waals surface area contributed by atoms with E-state index in [-0.39, 0.29) is 0 Å². The summed E-state index contributed by atoms with van der Waals surface area (Å²) in [4.78, 5) is 14.7. The molecular weight excluding hydrogens is 534 g/mol. The summed E-state index contributed by atoms with van der Waals surface area (Å²) >= 11 is 0. The van der Waals surface area contributed by atoms with Crippen molar-refractivity contribution in [1.82, 2.24) is 15.0 Å². The van der Waals surface area contributed by atoms with E-state index in [9.17, 15) is 0 Å². The first-order chi connectivity index (χ1) is 21.8. The highest BCUT2D eigenvalue weighted by Gasteiger charge is 2.16. The van der Waals surface area contributed by atoms with Crippen molar-refractivity contribution in [3.05, 3.63) is 163 Å². The summed E-state index contributed by atoms with van der Waals surface area (Å²) in [5.41, 5.74) is 9.83. The molecule has 2 heterocycles. The molecular formula is C41H29N3. The predicted molar refractivity (Wildman–Crippen MR) is 183 cm³/mol. The minimum Gasteiger partial charge on any atom is -0.264 e. The van der Waals surface area contributed by atoms with E-state index < -0.39 is 0 Å². The summed E-state index contributed by atoms with van der Waals surface area (Å²) in [7, 11) is 0. The standard InChI is InChI=1S/C41H29N3/c1-2-11-30-23-33(21-20-28(30)9-1)31-13-5-15-34(24-31)39-26-40(35-16-6-14-32(25-35)36-17-8-22-42-27-36)44-41(43-39)38-19-7-12-29-10-3-4-18-37(29)38/h1-4,6-12,14-27H,5,13H2. The summed E-state index contributed by atoms with van der Waals surface area (Å²) in [5, 5.41) is 4.84. The van der Waals surface area contributed by atoms with Crippen molar-refractivity contribution in [2.75, 3.05) is 0 Å². The van der Waals surface area contributed by atoms with Gasteiger partial charge in [-0.3, -0.25) is 4.98 Å². The van der Waals surface area contributed by atoms with Crippen LogP contribution in [0.2, 0.25) is 0 Å². The number of fused-ring (bicyclic) bond motifs is 2. The van der Waals surface area contributed by atoms with E-state index in [0.29, 0.717) is 0 Å². The summed E-state index contributed by atoms with van der Waals surface area (Å²) in [6.07, 6.45) is 10.3. The lowest BCUT2D eigenvalue weighted by atomic mass is 9.91. The van der Waals surface area contributed by atoms with E-state index in [2.05, 4.69) is 138 Å². The summed E-state index contributed by atoms with van der Waals surface area (Å²) in [6.45, 7) is 0. The average Bonchev–Trinajstić information content (AvgIpc) is 3.11. The predicted octanol–water partition coefficient (Wildman–Crippen LogP) is 10.4. The fraction of sp³-hybridized carbons (Fsp3) is 0.0488. The molecule has 0 unspecified atom stereocenters. The molecule has 0 fully saturated rings. The molecule has 0 amide bonds. The molecule has 2 aromatic heterocycles. The molecule has 0 bridgehead atoms. The lowest BCUT2D eigenvalue weighted by Crippen LogP contribution is -2.00. The van der Waals surface area contributed by atoms with Crippen LogP contribution in [-0.2, 0) is 0 Å².